The number of esters is 2. The Balaban J connectivity index is 1.73. The van der Waals surface area contributed by atoms with E-state index in [1.54, 1.807) is 27.7 Å². The number of hydrogen-bond acceptors (Lipinski definition) is 15. The average Bonchev–Trinajstić information content (AvgIpc) is 3.64. The Bertz CT molecular complexity index is 1270. The fourth-order valence-corrected chi connectivity index (χ4v) is 4.87. The number of carbonyl (C=O) groups excluding carboxylic acids is 2. The number of fused-ring (bicyclic) bond motifs is 1. The summed E-state index contributed by atoms with van der Waals surface area (Å²) in [7, 11) is 0. The molecule has 3 heterocycles. The smallest absolute Gasteiger partial charge is 0.323 e. The zero-order valence-corrected chi connectivity index (χ0v) is 23.9. The molecule has 0 radical (unpaired) electrons. The van der Waals surface area contributed by atoms with Crippen molar-refractivity contribution in [1.29, 1.82) is 0 Å². The third-order valence-corrected chi connectivity index (χ3v) is 7.55. The monoisotopic (exact) mass is 594 g/mol. The summed E-state index contributed by atoms with van der Waals surface area (Å²) >= 11 is 0. The number of imidazole rings is 1. The van der Waals surface area contributed by atoms with Crippen LogP contribution in [0.5, 0.6) is 0 Å². The molecule has 6 N–H and O–H groups in total. The van der Waals surface area contributed by atoms with Gasteiger partial charge in [0.2, 0.25) is 0 Å². The van der Waals surface area contributed by atoms with E-state index in [1.165, 1.54) is 17.2 Å². The predicted molar refractivity (Wildman–Crippen MR) is 145 cm³/mol. The van der Waals surface area contributed by atoms with Gasteiger partial charge in [0, 0.05) is 0 Å². The van der Waals surface area contributed by atoms with Gasteiger partial charge < -0.3 is 40.9 Å². The Hall–Kier alpha value is -3.67. The highest BCUT2D eigenvalue weighted by Crippen LogP contribution is 2.37. The number of ether oxygens (including phenoxy) is 3. The molecule has 4 rings (SSSR count). The minimum absolute atomic E-state index is 0.222. The van der Waals surface area contributed by atoms with E-state index in [0.717, 1.165) is 12.8 Å². The van der Waals surface area contributed by atoms with Crippen LogP contribution in [0.1, 0.15) is 53.2 Å². The molecule has 1 saturated carbocycles. The summed E-state index contributed by atoms with van der Waals surface area (Å²) < 4.78 is 19.0. The van der Waals surface area contributed by atoms with Gasteiger partial charge in [-0.1, -0.05) is 27.7 Å². The van der Waals surface area contributed by atoms with Gasteiger partial charge in [-0.2, -0.15) is 0 Å². The molecule has 232 valence electrons. The van der Waals surface area contributed by atoms with Gasteiger partial charge in [-0.3, -0.25) is 14.2 Å². The van der Waals surface area contributed by atoms with Crippen LogP contribution in [-0.4, -0.2) is 90.8 Å². The van der Waals surface area contributed by atoms with Crippen LogP contribution in [0.25, 0.3) is 11.2 Å². The van der Waals surface area contributed by atoms with Gasteiger partial charge in [-0.15, -0.1) is 10.1 Å². The van der Waals surface area contributed by atoms with Crippen molar-refractivity contribution in [3.05, 3.63) is 22.8 Å². The summed E-state index contributed by atoms with van der Waals surface area (Å²) in [5.41, 5.74) is 12.6. The highest BCUT2D eigenvalue weighted by molar-refractivity contribution is 5.83. The number of nitrogens with two attached hydrogens (primary N) is 2. The number of aliphatic hydroxyl groups excluding tert-OH is 1. The second-order valence-electron chi connectivity index (χ2n) is 11.2. The minimum Gasteiger partial charge on any atom is -0.454 e. The zero-order valence-electron chi connectivity index (χ0n) is 23.9. The maximum atomic E-state index is 13.1. The van der Waals surface area contributed by atoms with Gasteiger partial charge in [0.15, 0.2) is 35.4 Å². The number of nitrogens with zero attached hydrogens (tertiary/aromatic N) is 5. The molecule has 42 heavy (non-hydrogen) atoms. The molecule has 17 nitrogen and oxygen atoms in total. The second-order valence-corrected chi connectivity index (χ2v) is 11.2. The molecule has 0 aromatic carbocycles. The van der Waals surface area contributed by atoms with Crippen molar-refractivity contribution in [3.63, 3.8) is 0 Å². The van der Waals surface area contributed by atoms with Crippen molar-refractivity contribution in [2.24, 2.45) is 23.3 Å². The van der Waals surface area contributed by atoms with Crippen molar-refractivity contribution in [1.82, 2.24) is 19.5 Å². The van der Waals surface area contributed by atoms with E-state index in [1.807, 2.05) is 0 Å². The van der Waals surface area contributed by atoms with E-state index in [0.29, 0.717) is 17.8 Å². The Labute approximate surface area is 241 Å². The summed E-state index contributed by atoms with van der Waals surface area (Å²) in [5, 5.41) is 23.5. The zero-order chi connectivity index (χ0) is 30.7. The van der Waals surface area contributed by atoms with Crippen molar-refractivity contribution in [2.75, 3.05) is 11.9 Å². The van der Waals surface area contributed by atoms with Crippen LogP contribution in [0.4, 0.5) is 5.82 Å². The lowest BCUT2D eigenvalue weighted by Gasteiger charge is -2.27. The van der Waals surface area contributed by atoms with E-state index >= 15 is 0 Å². The summed E-state index contributed by atoms with van der Waals surface area (Å²) in [6, 6.07) is -2.28. The van der Waals surface area contributed by atoms with E-state index in [2.05, 4.69) is 25.1 Å². The standard InChI is InChI=1S/C25H38N8O9/c1-11(2)16(26)24(35)41-19-15(8-39-33(37)38)40-23(20(19)42-25(36)17(27)12(3)4)32-10-30-18-21(28-9-29-22(18)32)31-13-6-5-7-14(13)34/h9-17,19-20,23,34H,5-8,26-27H2,1-4H3,(H,28,29,31)/t13-,14-,15-,16+,17+,19-,20-,23-/m1/s1. The Kier molecular flexibility index (Phi) is 9.75. The van der Waals surface area contributed by atoms with Crippen LogP contribution in [0.15, 0.2) is 12.7 Å². The molecule has 2 aliphatic rings. The summed E-state index contributed by atoms with van der Waals surface area (Å²) in [5.74, 6) is -1.83. The number of rotatable bonds is 12. The van der Waals surface area contributed by atoms with Crippen molar-refractivity contribution < 1.29 is 38.8 Å². The lowest BCUT2D eigenvalue weighted by molar-refractivity contribution is -0.759. The van der Waals surface area contributed by atoms with Gasteiger partial charge in [0.1, 0.15) is 31.1 Å². The second kappa shape index (κ2) is 13.1. The topological polar surface area (TPSA) is 242 Å². The van der Waals surface area contributed by atoms with Gasteiger partial charge in [0.05, 0.1) is 18.5 Å². The van der Waals surface area contributed by atoms with Crippen LogP contribution >= 0.6 is 0 Å². The molecule has 1 saturated heterocycles. The quantitative estimate of drug-likeness (QED) is 0.144. The summed E-state index contributed by atoms with van der Waals surface area (Å²) in [6.07, 6.45) is -0.773. The first kappa shape index (κ1) is 31.3. The summed E-state index contributed by atoms with van der Waals surface area (Å²) in [4.78, 5) is 54.6. The largest absolute Gasteiger partial charge is 0.454 e. The normalized spacial score (nSPS) is 27.3. The van der Waals surface area contributed by atoms with Crippen LogP contribution in [-0.2, 0) is 28.6 Å². The van der Waals surface area contributed by atoms with E-state index in [-0.39, 0.29) is 23.5 Å². The van der Waals surface area contributed by atoms with Gasteiger partial charge in [-0.05, 0) is 31.1 Å². The van der Waals surface area contributed by atoms with E-state index in [4.69, 9.17) is 25.7 Å². The molecule has 2 fully saturated rings. The fourth-order valence-electron chi connectivity index (χ4n) is 4.87. The average molecular weight is 595 g/mol. The highest BCUT2D eigenvalue weighted by Gasteiger charge is 2.52. The van der Waals surface area contributed by atoms with E-state index in [9.17, 15) is 24.8 Å². The van der Waals surface area contributed by atoms with Gasteiger partial charge >= 0.3 is 11.9 Å². The molecular formula is C25H38N8O9. The third kappa shape index (κ3) is 6.69. The molecule has 0 amide bonds. The maximum Gasteiger partial charge on any atom is 0.323 e. The molecule has 0 unspecified atom stereocenters. The van der Waals surface area contributed by atoms with E-state index < -0.39 is 66.4 Å². The number of aliphatic hydroxyl groups is 1. The Morgan fingerprint density at radius 3 is 2.33 bits per heavy atom. The SMILES string of the molecule is CC(C)[C@H](N)C(=O)O[C@@H]1[C@H](OC(=O)[C@@H](N)C(C)C)[C@@H](CO[N+](=O)[O-])O[C@H]1n1cnc2c(N[C@@H]3CCC[C@H]3O)ncnc21. The molecule has 2 aromatic rings. The van der Waals surface area contributed by atoms with Crippen molar-refractivity contribution >= 4 is 28.9 Å². The molecule has 17 heteroatoms. The molecule has 8 atom stereocenters. The number of aromatic nitrogens is 4. The predicted octanol–water partition coefficient (Wildman–Crippen LogP) is 0.0475. The van der Waals surface area contributed by atoms with Crippen molar-refractivity contribution in [2.45, 2.75) is 95.7 Å². The first-order valence-electron chi connectivity index (χ1n) is 13.9. The van der Waals surface area contributed by atoms with Crippen molar-refractivity contribution in [3.8, 4) is 0 Å². The number of nitrogens with one attached hydrogen (secondary N) is 1. The Morgan fingerprint density at radius 2 is 1.76 bits per heavy atom. The van der Waals surface area contributed by atoms with Crippen LogP contribution in [0.2, 0.25) is 0 Å². The first-order valence-corrected chi connectivity index (χ1v) is 13.9. The van der Waals surface area contributed by atoms with Gasteiger partial charge in [0.25, 0.3) is 5.09 Å². The highest BCUT2D eigenvalue weighted by atomic mass is 17.0. The maximum absolute atomic E-state index is 13.1. The number of hydrogen-bond donors (Lipinski definition) is 4. The van der Waals surface area contributed by atoms with Crippen LogP contribution < -0.4 is 16.8 Å². The molecular weight excluding hydrogens is 556 g/mol. The van der Waals surface area contributed by atoms with Gasteiger partial charge in [-0.25, -0.2) is 15.0 Å². The molecule has 0 spiro atoms. The lowest BCUT2D eigenvalue weighted by atomic mass is 10.0. The Morgan fingerprint density at radius 1 is 1.12 bits per heavy atom. The summed E-state index contributed by atoms with van der Waals surface area (Å²) in [6.45, 7) is 6.27. The molecule has 1 aliphatic heterocycles. The van der Waals surface area contributed by atoms with Crippen LogP contribution in [0.3, 0.4) is 0 Å². The third-order valence-electron chi connectivity index (χ3n) is 7.55. The fraction of sp³-hybridized carbons (Fsp3) is 0.720. The number of carbonyl (C=O) groups is 2. The molecule has 1 aliphatic carbocycles. The first-order chi connectivity index (χ1) is 19.9. The van der Waals surface area contributed by atoms with Crippen LogP contribution in [0, 0.1) is 22.0 Å². The molecule has 0 bridgehead atoms. The lowest BCUT2D eigenvalue weighted by Crippen LogP contribution is -2.48. The number of anilines is 1. The molecule has 2 aromatic heterocycles. The minimum atomic E-state index is -1.36.